The van der Waals surface area contributed by atoms with Gasteiger partial charge in [0.2, 0.25) is 0 Å². The number of hydrogen-bond donors (Lipinski definition) is 0. The molecule has 44 heavy (non-hydrogen) atoms. The minimum Gasteiger partial charge on any atom is -0.390 e. The molecule has 0 bridgehead atoms. The van der Waals surface area contributed by atoms with E-state index in [-0.39, 0.29) is 6.61 Å². The maximum absolute atomic E-state index is 6.22. The third kappa shape index (κ3) is 5.21. The first kappa shape index (κ1) is 27.2. The Kier molecular flexibility index (Phi) is 7.59. The molecule has 2 aromatic heterocycles. The molecule has 0 saturated carbocycles. The molecular weight excluding hydrogens is 550 g/mol. The summed E-state index contributed by atoms with van der Waals surface area (Å²) < 4.78 is 8.10. The van der Waals surface area contributed by atoms with Crippen molar-refractivity contribution in [3.63, 3.8) is 0 Å². The molecule has 2 heterocycles. The van der Waals surface area contributed by atoms with E-state index in [4.69, 9.17) is 9.57 Å². The van der Waals surface area contributed by atoms with Gasteiger partial charge >= 0.3 is 0 Å². The highest BCUT2D eigenvalue weighted by atomic mass is 16.7. The van der Waals surface area contributed by atoms with E-state index in [0.717, 1.165) is 38.9 Å². The summed E-state index contributed by atoms with van der Waals surface area (Å²) in [4.78, 5) is 7.31. The van der Waals surface area contributed by atoms with E-state index in [1.54, 1.807) is 0 Å². The summed E-state index contributed by atoms with van der Waals surface area (Å²) in [6, 6.07) is 46.7. The molecule has 0 spiro atoms. The Hall–Kier alpha value is -5.67. The van der Waals surface area contributed by atoms with Gasteiger partial charge in [-0.2, -0.15) is 0 Å². The van der Waals surface area contributed by atoms with Crippen molar-refractivity contribution in [2.45, 2.75) is 25.4 Å². The monoisotopic (exact) mass is 579 g/mol. The highest BCUT2D eigenvalue weighted by Gasteiger charge is 2.41. The van der Waals surface area contributed by atoms with E-state index < -0.39 is 5.54 Å². The van der Waals surface area contributed by atoms with Crippen LogP contribution in [0.1, 0.15) is 33.6 Å². The van der Waals surface area contributed by atoms with Crippen molar-refractivity contribution >= 4 is 11.0 Å². The average molecular weight is 580 g/mol. The summed E-state index contributed by atoms with van der Waals surface area (Å²) in [6.45, 7) is 0.941. The molecule has 9 heteroatoms. The predicted octanol–water partition coefficient (Wildman–Crippen LogP) is 5.60. The zero-order valence-electron chi connectivity index (χ0n) is 23.8. The topological polar surface area (TPSA) is 92.8 Å². The molecule has 0 N–H and O–H groups in total. The quantitative estimate of drug-likeness (QED) is 0.184. The highest BCUT2D eigenvalue weighted by molar-refractivity contribution is 5.74. The van der Waals surface area contributed by atoms with Crippen molar-refractivity contribution in [2.24, 2.45) is 0 Å². The van der Waals surface area contributed by atoms with Gasteiger partial charge in [0.1, 0.15) is 29.8 Å². The summed E-state index contributed by atoms with van der Waals surface area (Å²) in [7, 11) is 0. The van der Waals surface area contributed by atoms with Gasteiger partial charge < -0.3 is 9.57 Å². The number of nitrogens with zero attached hydrogens (tertiary/aromatic N) is 7. The van der Waals surface area contributed by atoms with Gasteiger partial charge in [-0.05, 0) is 55.6 Å². The normalized spacial score (nSPS) is 11.5. The lowest BCUT2D eigenvalue weighted by molar-refractivity contribution is 0.0751. The summed E-state index contributed by atoms with van der Waals surface area (Å²) in [5.41, 5.74) is 5.80. The van der Waals surface area contributed by atoms with Gasteiger partial charge in [0, 0.05) is 0 Å². The number of benzene rings is 5. The van der Waals surface area contributed by atoms with Gasteiger partial charge in [0.25, 0.3) is 0 Å². The second-order valence-corrected chi connectivity index (χ2v) is 10.4. The van der Waals surface area contributed by atoms with Crippen molar-refractivity contribution < 1.29 is 9.57 Å². The molecular formula is C35H29N7O2. The molecule has 9 nitrogen and oxygen atoms in total. The number of fused-ring (bicyclic) bond motifs is 1. The Labute approximate surface area is 254 Å². The first-order chi connectivity index (χ1) is 21.8. The molecule has 0 saturated heterocycles. The first-order valence-electron chi connectivity index (χ1n) is 14.4. The maximum Gasteiger partial charge on any atom is 0.178 e. The van der Waals surface area contributed by atoms with Crippen LogP contribution in [0.2, 0.25) is 0 Å². The Morgan fingerprint density at radius 2 is 1.14 bits per heavy atom. The number of aromatic nitrogens is 7. The molecule has 0 radical (unpaired) electrons. The van der Waals surface area contributed by atoms with Crippen molar-refractivity contribution in [1.82, 2.24) is 35.4 Å². The third-order valence-corrected chi connectivity index (χ3v) is 7.60. The molecule has 216 valence electrons. The number of ether oxygens (including phenoxy) is 1. The van der Waals surface area contributed by atoms with Gasteiger partial charge in [-0.3, -0.25) is 0 Å². The zero-order valence-corrected chi connectivity index (χ0v) is 23.8. The largest absolute Gasteiger partial charge is 0.390 e. The van der Waals surface area contributed by atoms with E-state index in [2.05, 4.69) is 62.2 Å². The van der Waals surface area contributed by atoms with Crippen LogP contribution in [0.25, 0.3) is 11.0 Å². The Morgan fingerprint density at radius 3 is 1.75 bits per heavy atom. The van der Waals surface area contributed by atoms with Gasteiger partial charge in [-0.15, -0.1) is 10.2 Å². The van der Waals surface area contributed by atoms with Crippen molar-refractivity contribution in [2.75, 3.05) is 0 Å². The minimum absolute atomic E-state index is 0.201. The fraction of sp³-hybridized carbons (Fsp3) is 0.114. The summed E-state index contributed by atoms with van der Waals surface area (Å²) in [6.07, 6.45) is 0. The summed E-state index contributed by atoms with van der Waals surface area (Å²) >= 11 is 0. The van der Waals surface area contributed by atoms with Crippen molar-refractivity contribution in [1.29, 1.82) is 0 Å². The summed E-state index contributed by atoms with van der Waals surface area (Å²) in [5.74, 6) is 0.600. The van der Waals surface area contributed by atoms with Crippen LogP contribution >= 0.6 is 0 Å². The Morgan fingerprint density at radius 1 is 0.545 bits per heavy atom. The lowest BCUT2D eigenvalue weighted by Crippen LogP contribution is -2.40. The summed E-state index contributed by atoms with van der Waals surface area (Å²) in [5, 5.41) is 21.6. The van der Waals surface area contributed by atoms with Gasteiger partial charge in [-0.25, -0.2) is 4.68 Å². The molecule has 7 aromatic rings. The average Bonchev–Trinajstić information content (AvgIpc) is 3.73. The molecule has 0 fully saturated rings. The Balaban J connectivity index is 1.15. The van der Waals surface area contributed by atoms with Gasteiger partial charge in [0.05, 0.1) is 6.61 Å². The van der Waals surface area contributed by atoms with E-state index in [1.807, 2.05) is 108 Å². The second-order valence-electron chi connectivity index (χ2n) is 10.4. The maximum atomic E-state index is 6.22. The van der Waals surface area contributed by atoms with Crippen LogP contribution in [0.3, 0.4) is 0 Å². The van der Waals surface area contributed by atoms with Crippen LogP contribution in [0, 0.1) is 0 Å². The van der Waals surface area contributed by atoms with Crippen LogP contribution in [-0.2, 0) is 30.1 Å². The fourth-order valence-electron chi connectivity index (χ4n) is 5.56. The van der Waals surface area contributed by atoms with E-state index >= 15 is 0 Å². The predicted molar refractivity (Wildman–Crippen MR) is 165 cm³/mol. The van der Waals surface area contributed by atoms with Crippen LogP contribution in [-0.4, -0.2) is 35.4 Å². The van der Waals surface area contributed by atoms with Crippen LogP contribution < -0.4 is 4.84 Å². The minimum atomic E-state index is -0.816. The second kappa shape index (κ2) is 12.3. The van der Waals surface area contributed by atoms with E-state index in [0.29, 0.717) is 19.0 Å². The lowest BCUT2D eigenvalue weighted by Gasteiger charge is -2.36. The molecule has 0 atom stereocenters. The van der Waals surface area contributed by atoms with Crippen LogP contribution in [0.4, 0.5) is 0 Å². The number of rotatable bonds is 11. The molecule has 0 aliphatic heterocycles. The zero-order chi connectivity index (χ0) is 29.6. The molecule has 0 amide bonds. The van der Waals surface area contributed by atoms with Crippen LogP contribution in [0.15, 0.2) is 140 Å². The standard InChI is InChI=1S/C35H29N7O2/c1-5-13-27(14-6-1)25-44-42-33-22-21-28(23-32(33)36-39-42)24-43-26-34-37-38-40-41(34)35(29-15-7-2-8-16-29,30-17-9-3-10-18-30)31-19-11-4-12-20-31/h1-23H,24-26H2. The molecule has 0 aliphatic carbocycles. The van der Waals surface area contributed by atoms with Gasteiger partial charge in [0.15, 0.2) is 5.82 Å². The highest BCUT2D eigenvalue weighted by Crippen LogP contribution is 2.40. The van der Waals surface area contributed by atoms with Crippen molar-refractivity contribution in [3.8, 4) is 0 Å². The van der Waals surface area contributed by atoms with E-state index in [1.165, 1.54) is 4.85 Å². The van der Waals surface area contributed by atoms with Crippen LogP contribution in [0.5, 0.6) is 0 Å². The Bertz CT molecular complexity index is 1850. The smallest absolute Gasteiger partial charge is 0.178 e. The van der Waals surface area contributed by atoms with Crippen molar-refractivity contribution in [3.05, 3.63) is 173 Å². The third-order valence-electron chi connectivity index (χ3n) is 7.60. The number of hydrogen-bond acceptors (Lipinski definition) is 7. The fourth-order valence-corrected chi connectivity index (χ4v) is 5.56. The van der Waals surface area contributed by atoms with Gasteiger partial charge in [-0.1, -0.05) is 132 Å². The molecule has 5 aromatic carbocycles. The van der Waals surface area contributed by atoms with E-state index in [9.17, 15) is 0 Å². The molecule has 0 unspecified atom stereocenters. The first-order valence-corrected chi connectivity index (χ1v) is 14.4. The number of tetrazole rings is 1. The lowest BCUT2D eigenvalue weighted by atomic mass is 9.77. The SMILES string of the molecule is c1ccc(COn2nnc3cc(COCc4nnnn4C(c4ccccc4)(c4ccccc4)c4ccccc4)ccc32)cc1. The molecule has 7 rings (SSSR count). The molecule has 0 aliphatic rings.